The van der Waals surface area contributed by atoms with Crippen molar-refractivity contribution in [2.45, 2.75) is 0 Å². The molecular weight excluding hydrogens is 748 g/mol. The summed E-state index contributed by atoms with van der Waals surface area (Å²) in [5, 5.41) is 9.49. The first-order valence-corrected chi connectivity index (χ1v) is 19.6. The number of benzene rings is 4. The first kappa shape index (κ1) is 42.6. The van der Waals surface area contributed by atoms with Gasteiger partial charge in [-0.3, -0.25) is 29.0 Å². The Kier molecular flexibility index (Phi) is 15.9. The van der Waals surface area contributed by atoms with E-state index in [4.69, 9.17) is 39.9 Å². The highest BCUT2D eigenvalue weighted by Gasteiger charge is 2.34. The SMILES string of the molecule is NCCOCCOCCNc1ccc2c3c(cccc13)C(=O)N(CCOCCOCCN1C(=O)c3cccc4c(NCCOCCOCCN)ccc(c34)C1=O)C2=O. The predicted octanol–water partition coefficient (Wildman–Crippen LogP) is 2.73. The van der Waals surface area contributed by atoms with E-state index < -0.39 is 0 Å². The van der Waals surface area contributed by atoms with Crippen LogP contribution in [-0.2, 0) is 28.4 Å². The number of nitrogens with zero attached hydrogens (tertiary/aromatic N) is 2. The molecule has 310 valence electrons. The number of nitrogens with two attached hydrogens (primary N) is 2. The van der Waals surface area contributed by atoms with Crippen LogP contribution in [0.3, 0.4) is 0 Å². The normalized spacial score (nSPS) is 13.7. The van der Waals surface area contributed by atoms with Gasteiger partial charge in [0.05, 0.1) is 92.4 Å². The van der Waals surface area contributed by atoms with Crippen molar-refractivity contribution < 1.29 is 47.6 Å². The van der Waals surface area contributed by atoms with E-state index in [2.05, 4.69) is 10.6 Å². The Morgan fingerprint density at radius 1 is 0.414 bits per heavy atom. The van der Waals surface area contributed by atoms with E-state index in [-0.39, 0.29) is 63.1 Å². The molecule has 0 saturated heterocycles. The number of amides is 4. The van der Waals surface area contributed by atoms with Gasteiger partial charge in [-0.15, -0.1) is 0 Å². The summed E-state index contributed by atoms with van der Waals surface area (Å²) in [6.07, 6.45) is 0. The third-order valence-electron chi connectivity index (χ3n) is 9.67. The van der Waals surface area contributed by atoms with Crippen molar-refractivity contribution in [3.63, 3.8) is 0 Å². The summed E-state index contributed by atoms with van der Waals surface area (Å²) in [4.78, 5) is 56.3. The molecular formula is C42H52N6O10. The Bertz CT molecular complexity index is 1870. The molecule has 0 bridgehead atoms. The number of nitrogens with one attached hydrogen (secondary N) is 2. The van der Waals surface area contributed by atoms with Gasteiger partial charge in [0.1, 0.15) is 0 Å². The summed E-state index contributed by atoms with van der Waals surface area (Å²) in [6, 6.07) is 18.0. The molecule has 0 atom stereocenters. The number of hydrogen-bond donors (Lipinski definition) is 4. The van der Waals surface area contributed by atoms with Crippen LogP contribution in [-0.4, -0.2) is 152 Å². The van der Waals surface area contributed by atoms with E-state index >= 15 is 0 Å². The van der Waals surface area contributed by atoms with Crippen LogP contribution in [0.25, 0.3) is 21.5 Å². The van der Waals surface area contributed by atoms with E-state index in [0.717, 1.165) is 22.1 Å². The van der Waals surface area contributed by atoms with Crippen LogP contribution in [0.4, 0.5) is 11.4 Å². The minimum atomic E-state index is -0.382. The van der Waals surface area contributed by atoms with Gasteiger partial charge in [0.25, 0.3) is 23.6 Å². The maximum atomic E-state index is 13.5. The Labute approximate surface area is 336 Å². The van der Waals surface area contributed by atoms with Gasteiger partial charge in [0.15, 0.2) is 0 Å². The van der Waals surface area contributed by atoms with E-state index in [1.807, 2.05) is 24.3 Å². The first-order chi connectivity index (χ1) is 28.5. The third kappa shape index (κ3) is 10.1. The number of hydrogen-bond acceptors (Lipinski definition) is 14. The summed E-state index contributed by atoms with van der Waals surface area (Å²) >= 11 is 0. The quantitative estimate of drug-likeness (QED) is 0.0506. The average Bonchev–Trinajstić information content (AvgIpc) is 3.24. The molecule has 0 aliphatic carbocycles. The van der Waals surface area contributed by atoms with Crippen molar-refractivity contribution in [1.29, 1.82) is 0 Å². The van der Waals surface area contributed by atoms with E-state index in [1.54, 1.807) is 36.4 Å². The van der Waals surface area contributed by atoms with Crippen LogP contribution in [0.5, 0.6) is 0 Å². The van der Waals surface area contributed by atoms with Gasteiger partial charge in [-0.05, 0) is 36.4 Å². The number of rotatable bonds is 27. The van der Waals surface area contributed by atoms with Gasteiger partial charge in [0, 0.05) is 81.4 Å². The smallest absolute Gasteiger partial charge is 0.261 e. The largest absolute Gasteiger partial charge is 0.382 e. The molecule has 2 aliphatic heterocycles. The average molecular weight is 801 g/mol. The predicted molar refractivity (Wildman–Crippen MR) is 219 cm³/mol. The van der Waals surface area contributed by atoms with Crippen molar-refractivity contribution in [3.05, 3.63) is 82.9 Å². The zero-order valence-electron chi connectivity index (χ0n) is 32.6. The number of carbonyl (C=O) groups excluding carboxylic acids is 4. The second kappa shape index (κ2) is 21.6. The fourth-order valence-corrected chi connectivity index (χ4v) is 6.97. The third-order valence-corrected chi connectivity index (χ3v) is 9.67. The molecule has 16 heteroatoms. The zero-order chi connectivity index (χ0) is 40.7. The van der Waals surface area contributed by atoms with Crippen molar-refractivity contribution in [2.24, 2.45) is 11.5 Å². The van der Waals surface area contributed by atoms with Crippen molar-refractivity contribution in [2.75, 3.05) is 129 Å². The van der Waals surface area contributed by atoms with Crippen molar-refractivity contribution in [1.82, 2.24) is 9.80 Å². The van der Waals surface area contributed by atoms with Gasteiger partial charge in [-0.1, -0.05) is 24.3 Å². The standard InChI is InChI=1S/C42H52N6O10/c43-11-17-53-23-25-55-19-13-45-35-9-7-33-37-29(35)3-1-5-31(37)39(49)47(41(33)51)15-21-57-27-28-58-22-16-48-40(50)32-6-2-4-30-36(10-8-34(38(30)32)42(48)52)46-14-20-56-26-24-54-18-12-44/h1-10,45-46H,11-28,43-44H2. The number of carbonyl (C=O) groups is 4. The Morgan fingerprint density at radius 2 is 0.759 bits per heavy atom. The molecule has 16 nitrogen and oxygen atoms in total. The Morgan fingerprint density at radius 3 is 1.14 bits per heavy atom. The van der Waals surface area contributed by atoms with Crippen LogP contribution in [0.1, 0.15) is 41.4 Å². The van der Waals surface area contributed by atoms with Crippen molar-refractivity contribution in [3.8, 4) is 0 Å². The Hall–Kier alpha value is -5.04. The second-order valence-electron chi connectivity index (χ2n) is 13.4. The van der Waals surface area contributed by atoms with Gasteiger partial charge < -0.3 is 50.5 Å². The second-order valence-corrected chi connectivity index (χ2v) is 13.4. The summed E-state index contributed by atoms with van der Waals surface area (Å²) in [7, 11) is 0. The lowest BCUT2D eigenvalue weighted by Crippen LogP contribution is -2.42. The molecule has 6 N–H and O–H groups in total. The molecule has 2 heterocycles. The van der Waals surface area contributed by atoms with Crippen LogP contribution >= 0.6 is 0 Å². The lowest BCUT2D eigenvalue weighted by molar-refractivity contribution is 0.0264. The van der Waals surface area contributed by atoms with E-state index in [0.29, 0.717) is 112 Å². The topological polar surface area (TPSA) is 206 Å². The summed E-state index contributed by atoms with van der Waals surface area (Å²) in [6.45, 7) is 6.54. The highest BCUT2D eigenvalue weighted by molar-refractivity contribution is 6.27. The van der Waals surface area contributed by atoms with Crippen LogP contribution in [0.15, 0.2) is 60.7 Å². The van der Waals surface area contributed by atoms with Gasteiger partial charge in [-0.2, -0.15) is 0 Å². The number of imide groups is 2. The monoisotopic (exact) mass is 800 g/mol. The molecule has 2 aliphatic rings. The van der Waals surface area contributed by atoms with Crippen molar-refractivity contribution >= 4 is 56.5 Å². The van der Waals surface area contributed by atoms with Gasteiger partial charge in [-0.25, -0.2) is 0 Å². The van der Waals surface area contributed by atoms with Gasteiger partial charge >= 0.3 is 0 Å². The molecule has 0 radical (unpaired) electrons. The zero-order valence-corrected chi connectivity index (χ0v) is 32.6. The highest BCUT2D eigenvalue weighted by atomic mass is 16.5. The summed E-state index contributed by atoms with van der Waals surface area (Å²) in [5.74, 6) is -1.53. The molecule has 0 unspecified atom stereocenters. The molecule has 0 saturated carbocycles. The Balaban J connectivity index is 0.920. The highest BCUT2D eigenvalue weighted by Crippen LogP contribution is 2.35. The molecule has 0 fully saturated rings. The number of anilines is 2. The summed E-state index contributed by atoms with van der Waals surface area (Å²) in [5.41, 5.74) is 14.2. The molecule has 0 aromatic heterocycles. The lowest BCUT2D eigenvalue weighted by atomic mass is 9.93. The molecule has 4 amide bonds. The van der Waals surface area contributed by atoms with Crippen LogP contribution < -0.4 is 22.1 Å². The minimum absolute atomic E-state index is 0.0671. The van der Waals surface area contributed by atoms with E-state index in [1.165, 1.54) is 9.80 Å². The fourth-order valence-electron chi connectivity index (χ4n) is 6.97. The molecule has 4 aromatic carbocycles. The minimum Gasteiger partial charge on any atom is -0.382 e. The molecule has 0 spiro atoms. The van der Waals surface area contributed by atoms with Gasteiger partial charge in [0.2, 0.25) is 0 Å². The maximum absolute atomic E-state index is 13.5. The number of ether oxygens (including phenoxy) is 6. The first-order valence-electron chi connectivity index (χ1n) is 19.6. The molecule has 4 aromatic rings. The van der Waals surface area contributed by atoms with Crippen LogP contribution in [0.2, 0.25) is 0 Å². The summed E-state index contributed by atoms with van der Waals surface area (Å²) < 4.78 is 33.3. The molecule has 6 rings (SSSR count). The van der Waals surface area contributed by atoms with E-state index in [9.17, 15) is 19.2 Å². The lowest BCUT2D eigenvalue weighted by Gasteiger charge is -2.28. The maximum Gasteiger partial charge on any atom is 0.261 e. The molecule has 58 heavy (non-hydrogen) atoms. The fraction of sp³-hybridized carbons (Fsp3) is 0.429. The van der Waals surface area contributed by atoms with Crippen LogP contribution in [0, 0.1) is 0 Å².